The maximum absolute atomic E-state index is 14.8. The number of pyridine rings is 1. The minimum Gasteiger partial charge on any atom is -0.497 e. The van der Waals surface area contributed by atoms with Gasteiger partial charge in [0.15, 0.2) is 0 Å². The summed E-state index contributed by atoms with van der Waals surface area (Å²) in [4.78, 5) is 63.2. The molecule has 0 unspecified atom stereocenters. The van der Waals surface area contributed by atoms with Crippen LogP contribution < -0.4 is 20.1 Å². The SMILES string of the molecule is C=C[C@@H]1C[C@]1(NC(=O)[C@@H]1C[C@@H](Oc2cc(-c3ccccc3)nc3cc(OC)ccc23)CN1C(=O)[C@@H](CC(=O)NC1CCCC1)C(C)(C)C)C(=O)N(C1CC1)[SH](=O)=O. The van der Waals surface area contributed by atoms with Gasteiger partial charge < -0.3 is 25.0 Å². The van der Waals surface area contributed by atoms with Crippen molar-refractivity contribution in [2.45, 2.75) is 108 Å². The number of benzene rings is 2. The molecule has 4 amide bonds. The summed E-state index contributed by atoms with van der Waals surface area (Å²) in [6, 6.07) is 15.6. The minimum absolute atomic E-state index is 0.0286. The molecule has 13 nitrogen and oxygen atoms in total. The summed E-state index contributed by atoms with van der Waals surface area (Å²) in [6.07, 6.45) is 6.12. The number of fused-ring (bicyclic) bond motifs is 1. The molecular weight excluding hydrogens is 747 g/mol. The molecular formula is C43H53N5O8S. The Hall–Kier alpha value is -4.98. The highest BCUT2D eigenvalue weighted by Gasteiger charge is 2.63. The summed E-state index contributed by atoms with van der Waals surface area (Å²) < 4.78 is 37.7. The first kappa shape index (κ1) is 40.2. The first-order valence-electron chi connectivity index (χ1n) is 20.0. The van der Waals surface area contributed by atoms with Gasteiger partial charge in [0, 0.05) is 53.9 Å². The van der Waals surface area contributed by atoms with Crippen molar-refractivity contribution in [3.8, 4) is 22.8 Å². The second-order valence-electron chi connectivity index (χ2n) is 17.0. The van der Waals surface area contributed by atoms with Crippen molar-refractivity contribution in [3.05, 3.63) is 67.3 Å². The summed E-state index contributed by atoms with van der Waals surface area (Å²) in [7, 11) is -1.65. The van der Waals surface area contributed by atoms with Crippen LogP contribution >= 0.6 is 0 Å². The van der Waals surface area contributed by atoms with Gasteiger partial charge in [-0.25, -0.2) is 17.7 Å². The van der Waals surface area contributed by atoms with Crippen LogP contribution in [0.5, 0.6) is 11.5 Å². The highest BCUT2D eigenvalue weighted by Crippen LogP contribution is 2.48. The Morgan fingerprint density at radius 1 is 1.05 bits per heavy atom. The molecule has 1 saturated heterocycles. The average Bonchev–Trinajstić information content (AvgIpc) is 4.04. The topological polar surface area (TPSA) is 164 Å². The van der Waals surface area contributed by atoms with Crippen LogP contribution in [0.15, 0.2) is 67.3 Å². The predicted octanol–water partition coefficient (Wildman–Crippen LogP) is 4.95. The van der Waals surface area contributed by atoms with Gasteiger partial charge in [0.05, 0.1) is 30.8 Å². The highest BCUT2D eigenvalue weighted by atomic mass is 32.2. The van der Waals surface area contributed by atoms with Crippen molar-refractivity contribution in [3.63, 3.8) is 0 Å². The number of carbonyl (C=O) groups excluding carboxylic acids is 4. The molecule has 2 N–H and O–H groups in total. The number of ether oxygens (including phenoxy) is 2. The van der Waals surface area contributed by atoms with Gasteiger partial charge >= 0.3 is 0 Å². The largest absolute Gasteiger partial charge is 0.497 e. The highest BCUT2D eigenvalue weighted by molar-refractivity contribution is 7.70. The van der Waals surface area contributed by atoms with E-state index in [0.29, 0.717) is 40.9 Å². The number of methoxy groups -OCH3 is 1. The van der Waals surface area contributed by atoms with Gasteiger partial charge in [-0.05, 0) is 49.7 Å². The van der Waals surface area contributed by atoms with E-state index in [1.54, 1.807) is 13.2 Å². The normalized spacial score (nSPS) is 23.9. The van der Waals surface area contributed by atoms with Crippen LogP contribution in [0.4, 0.5) is 0 Å². The van der Waals surface area contributed by atoms with Crippen molar-refractivity contribution in [1.82, 2.24) is 24.8 Å². The molecule has 2 heterocycles. The van der Waals surface area contributed by atoms with Crippen LogP contribution in [0.25, 0.3) is 22.2 Å². The second kappa shape index (κ2) is 16.1. The molecule has 5 atom stereocenters. The Bertz CT molecular complexity index is 2120. The minimum atomic E-state index is -3.23. The molecule has 3 aliphatic carbocycles. The van der Waals surface area contributed by atoms with E-state index >= 15 is 0 Å². The number of carbonyl (C=O) groups is 4. The third kappa shape index (κ3) is 8.51. The van der Waals surface area contributed by atoms with E-state index in [9.17, 15) is 27.6 Å². The number of hydrogen-bond donors (Lipinski definition) is 3. The average molecular weight is 800 g/mol. The molecule has 1 aromatic heterocycles. The van der Waals surface area contributed by atoms with E-state index in [1.165, 1.54) is 4.90 Å². The Morgan fingerprint density at radius 2 is 1.77 bits per heavy atom. The van der Waals surface area contributed by atoms with E-state index in [1.807, 2.05) is 75.4 Å². The zero-order valence-electron chi connectivity index (χ0n) is 33.1. The summed E-state index contributed by atoms with van der Waals surface area (Å²) >= 11 is 0. The predicted molar refractivity (Wildman–Crippen MR) is 216 cm³/mol. The van der Waals surface area contributed by atoms with Crippen LogP contribution in [0.3, 0.4) is 0 Å². The van der Waals surface area contributed by atoms with Gasteiger partial charge in [0.25, 0.3) is 5.91 Å². The maximum atomic E-state index is 14.8. The van der Waals surface area contributed by atoms with Crippen molar-refractivity contribution in [2.24, 2.45) is 17.3 Å². The van der Waals surface area contributed by atoms with Crippen molar-refractivity contribution >= 4 is 45.4 Å². The summed E-state index contributed by atoms with van der Waals surface area (Å²) in [6.45, 7) is 9.59. The first-order chi connectivity index (χ1) is 27.2. The van der Waals surface area contributed by atoms with Crippen molar-refractivity contribution in [1.29, 1.82) is 0 Å². The molecule has 3 aromatic rings. The smallest absolute Gasteiger partial charge is 0.262 e. The monoisotopic (exact) mass is 799 g/mol. The van der Waals surface area contributed by atoms with E-state index in [2.05, 4.69) is 17.2 Å². The molecule has 4 fully saturated rings. The molecule has 4 aliphatic rings. The third-order valence-corrected chi connectivity index (χ3v) is 12.8. The fraction of sp³-hybridized carbons (Fsp3) is 0.512. The van der Waals surface area contributed by atoms with E-state index in [-0.39, 0.29) is 43.7 Å². The number of rotatable bonds is 14. The van der Waals surface area contributed by atoms with Gasteiger partial charge in [0.2, 0.25) is 28.6 Å². The number of aromatic nitrogens is 1. The first-order valence-corrected chi connectivity index (χ1v) is 21.1. The lowest BCUT2D eigenvalue weighted by molar-refractivity contribution is -0.147. The van der Waals surface area contributed by atoms with Gasteiger partial charge in [-0.1, -0.05) is 70.0 Å². The van der Waals surface area contributed by atoms with Crippen LogP contribution in [-0.2, 0) is 30.1 Å². The Kier molecular flexibility index (Phi) is 11.4. The summed E-state index contributed by atoms with van der Waals surface area (Å²) in [5.41, 5.74) is 0.0106. The zero-order chi connectivity index (χ0) is 40.6. The molecule has 3 saturated carbocycles. The molecule has 304 valence electrons. The quantitative estimate of drug-likeness (QED) is 0.151. The van der Waals surface area contributed by atoms with Gasteiger partial charge in [-0.2, -0.15) is 0 Å². The summed E-state index contributed by atoms with van der Waals surface area (Å²) in [5, 5.41) is 6.74. The molecule has 0 bridgehead atoms. The zero-order valence-corrected chi connectivity index (χ0v) is 34.0. The van der Waals surface area contributed by atoms with Crippen molar-refractivity contribution < 1.29 is 37.1 Å². The number of nitrogens with zero attached hydrogens (tertiary/aromatic N) is 3. The lowest BCUT2D eigenvalue weighted by atomic mass is 9.77. The number of likely N-dealkylation sites (tertiary alicyclic amines) is 1. The Labute approximate surface area is 335 Å². The summed E-state index contributed by atoms with van der Waals surface area (Å²) in [5.74, 6) is -2.01. The molecule has 7 rings (SSSR count). The van der Waals surface area contributed by atoms with Crippen LogP contribution in [0.1, 0.15) is 78.6 Å². The molecule has 2 aromatic carbocycles. The Morgan fingerprint density at radius 3 is 2.39 bits per heavy atom. The van der Waals surface area contributed by atoms with Gasteiger partial charge in [-0.3, -0.25) is 19.2 Å². The maximum Gasteiger partial charge on any atom is 0.262 e. The second-order valence-corrected chi connectivity index (χ2v) is 17.9. The van der Waals surface area contributed by atoms with Crippen LogP contribution in [-0.4, -0.2) is 89.7 Å². The Balaban J connectivity index is 1.22. The lowest BCUT2D eigenvalue weighted by Crippen LogP contribution is -2.57. The van der Waals surface area contributed by atoms with E-state index in [0.717, 1.165) is 35.6 Å². The number of amides is 4. The molecule has 14 heteroatoms. The van der Waals surface area contributed by atoms with Gasteiger partial charge in [-0.15, -0.1) is 6.58 Å². The molecule has 0 radical (unpaired) electrons. The number of thiol groups is 1. The lowest BCUT2D eigenvalue weighted by Gasteiger charge is -2.35. The van der Waals surface area contributed by atoms with Gasteiger partial charge in [0.1, 0.15) is 29.2 Å². The standard InChI is InChI=1S/C43H53N5O8S/c1-6-27-24-43(27,41(52)48(57(53)54)29-16-17-29)46-39(50)36-21-31(25-47(36)40(51)33(42(2,3)4)22-38(49)44-28-14-10-11-15-28)56-37-23-34(26-12-8-7-9-13-26)45-35-20-30(55-5)18-19-32(35)37/h6-9,12-13,18-20,23,27-29,31,33,36,57H,1,10-11,14-17,21-22,24-25H2,2-5H3,(H,44,49)(H,46,50)/t27-,31-,33-,36+,43-/m1/s1. The van der Waals surface area contributed by atoms with Crippen molar-refractivity contribution in [2.75, 3.05) is 13.7 Å². The van der Waals surface area contributed by atoms with E-state index in [4.69, 9.17) is 14.5 Å². The van der Waals surface area contributed by atoms with E-state index < -0.39 is 63.7 Å². The number of hydrogen-bond acceptors (Lipinski definition) is 9. The molecule has 1 aliphatic heterocycles. The molecule has 0 spiro atoms. The fourth-order valence-corrected chi connectivity index (χ4v) is 9.26. The third-order valence-electron chi connectivity index (χ3n) is 11.9. The fourth-order valence-electron chi connectivity index (χ4n) is 8.43. The van der Waals surface area contributed by atoms with Crippen LogP contribution in [0, 0.1) is 17.3 Å². The molecule has 57 heavy (non-hydrogen) atoms. The van der Waals surface area contributed by atoms with Crippen LogP contribution in [0.2, 0.25) is 0 Å². The number of nitrogens with one attached hydrogen (secondary N) is 2.